The highest BCUT2D eigenvalue weighted by atomic mass is 16.2. The Morgan fingerprint density at radius 2 is 2.11 bits per heavy atom. The number of carbonyl (C=O) groups excluding carboxylic acids is 2. The third-order valence-electron chi connectivity index (χ3n) is 3.17. The van der Waals surface area contributed by atoms with E-state index >= 15 is 0 Å². The van der Waals surface area contributed by atoms with E-state index in [1.165, 1.54) is 5.56 Å². The normalized spacial score (nSPS) is 17.4. The minimum atomic E-state index is -0.362. The average molecular weight is 261 g/mol. The fourth-order valence-corrected chi connectivity index (χ4v) is 2.27. The largest absolute Gasteiger partial charge is 0.355 e. The van der Waals surface area contributed by atoms with E-state index in [1.54, 1.807) is 0 Å². The van der Waals surface area contributed by atoms with Crippen LogP contribution in [0.2, 0.25) is 0 Å². The summed E-state index contributed by atoms with van der Waals surface area (Å²) in [5.41, 5.74) is 2.20. The first kappa shape index (κ1) is 13.5. The predicted octanol–water partition coefficient (Wildman–Crippen LogP) is 0.126. The van der Waals surface area contributed by atoms with E-state index in [4.69, 9.17) is 0 Å². The molecule has 1 aromatic rings. The molecule has 0 spiro atoms. The van der Waals surface area contributed by atoms with Gasteiger partial charge in [0.2, 0.25) is 11.8 Å². The summed E-state index contributed by atoms with van der Waals surface area (Å²) in [4.78, 5) is 23.4. The van der Waals surface area contributed by atoms with Gasteiger partial charge in [0.05, 0.1) is 6.54 Å². The highest BCUT2D eigenvalue weighted by Crippen LogP contribution is 2.22. The maximum atomic E-state index is 12.1. The van der Waals surface area contributed by atoms with Crippen LogP contribution in [0, 0.1) is 0 Å². The van der Waals surface area contributed by atoms with Crippen molar-refractivity contribution in [2.75, 3.05) is 19.6 Å². The summed E-state index contributed by atoms with van der Waals surface area (Å²) >= 11 is 0. The number of benzene rings is 1. The second kappa shape index (κ2) is 6.33. The standard InChI is InChI=1S/C14H19N3O2/c1-2-15-12(18)9-17-14(19)13-11-6-4-3-5-10(11)7-8-16-13/h3-6,13,16H,2,7-9H2,1H3,(H,15,18)(H,17,19). The van der Waals surface area contributed by atoms with Crippen LogP contribution >= 0.6 is 0 Å². The van der Waals surface area contributed by atoms with Gasteiger partial charge in [0.25, 0.3) is 0 Å². The minimum Gasteiger partial charge on any atom is -0.355 e. The Bertz CT molecular complexity index is 474. The molecule has 1 heterocycles. The summed E-state index contributed by atoms with van der Waals surface area (Å²) in [6.07, 6.45) is 0.927. The van der Waals surface area contributed by atoms with E-state index in [0.29, 0.717) is 6.54 Å². The zero-order chi connectivity index (χ0) is 13.7. The molecule has 0 saturated carbocycles. The summed E-state index contributed by atoms with van der Waals surface area (Å²) in [6, 6.07) is 7.54. The van der Waals surface area contributed by atoms with Gasteiger partial charge in [0.15, 0.2) is 0 Å². The lowest BCUT2D eigenvalue weighted by molar-refractivity contribution is -0.127. The van der Waals surface area contributed by atoms with Crippen LogP contribution in [0.4, 0.5) is 0 Å². The molecule has 0 bridgehead atoms. The van der Waals surface area contributed by atoms with Crippen LogP contribution in [-0.2, 0) is 16.0 Å². The molecule has 0 aliphatic carbocycles. The zero-order valence-electron chi connectivity index (χ0n) is 11.0. The summed E-state index contributed by atoms with van der Waals surface area (Å²) in [5.74, 6) is -0.321. The van der Waals surface area contributed by atoms with E-state index < -0.39 is 0 Å². The van der Waals surface area contributed by atoms with Gasteiger partial charge in [-0.3, -0.25) is 9.59 Å². The van der Waals surface area contributed by atoms with Crippen molar-refractivity contribution in [1.82, 2.24) is 16.0 Å². The van der Waals surface area contributed by atoms with E-state index in [2.05, 4.69) is 16.0 Å². The molecule has 1 unspecified atom stereocenters. The first-order chi connectivity index (χ1) is 9.22. The van der Waals surface area contributed by atoms with Crippen LogP contribution in [0.15, 0.2) is 24.3 Å². The molecule has 1 atom stereocenters. The van der Waals surface area contributed by atoms with Gasteiger partial charge in [0.1, 0.15) is 6.04 Å². The van der Waals surface area contributed by atoms with Crippen LogP contribution in [0.5, 0.6) is 0 Å². The first-order valence-corrected chi connectivity index (χ1v) is 6.58. The van der Waals surface area contributed by atoms with Crippen molar-refractivity contribution >= 4 is 11.8 Å². The van der Waals surface area contributed by atoms with Gasteiger partial charge in [-0.25, -0.2) is 0 Å². The van der Waals surface area contributed by atoms with Crippen LogP contribution in [-0.4, -0.2) is 31.4 Å². The first-order valence-electron chi connectivity index (χ1n) is 6.58. The molecule has 1 aliphatic rings. The molecule has 0 aromatic heterocycles. The van der Waals surface area contributed by atoms with Crippen molar-refractivity contribution < 1.29 is 9.59 Å². The van der Waals surface area contributed by atoms with E-state index in [9.17, 15) is 9.59 Å². The Morgan fingerprint density at radius 1 is 1.32 bits per heavy atom. The molecule has 0 fully saturated rings. The third-order valence-corrected chi connectivity index (χ3v) is 3.17. The Labute approximate surface area is 112 Å². The topological polar surface area (TPSA) is 70.2 Å². The molecule has 19 heavy (non-hydrogen) atoms. The van der Waals surface area contributed by atoms with Gasteiger partial charge in [-0.1, -0.05) is 24.3 Å². The van der Waals surface area contributed by atoms with Crippen molar-refractivity contribution in [2.45, 2.75) is 19.4 Å². The lowest BCUT2D eigenvalue weighted by atomic mass is 9.94. The number of carbonyl (C=O) groups is 2. The molecule has 1 aromatic carbocycles. The quantitative estimate of drug-likeness (QED) is 0.721. The number of fused-ring (bicyclic) bond motifs is 1. The van der Waals surface area contributed by atoms with Gasteiger partial charge in [-0.2, -0.15) is 0 Å². The molecule has 0 radical (unpaired) electrons. The van der Waals surface area contributed by atoms with E-state index in [1.807, 2.05) is 31.2 Å². The predicted molar refractivity (Wildman–Crippen MR) is 72.6 cm³/mol. The average Bonchev–Trinajstić information content (AvgIpc) is 2.44. The molecule has 3 N–H and O–H groups in total. The molecule has 0 saturated heterocycles. The molecular weight excluding hydrogens is 242 g/mol. The van der Waals surface area contributed by atoms with Crippen LogP contribution in [0.25, 0.3) is 0 Å². The lowest BCUT2D eigenvalue weighted by Crippen LogP contribution is -2.44. The molecule has 1 aliphatic heterocycles. The maximum Gasteiger partial charge on any atom is 0.242 e. The number of nitrogens with one attached hydrogen (secondary N) is 3. The van der Waals surface area contributed by atoms with Crippen LogP contribution < -0.4 is 16.0 Å². The number of hydrogen-bond acceptors (Lipinski definition) is 3. The van der Waals surface area contributed by atoms with Crippen molar-refractivity contribution in [3.8, 4) is 0 Å². The van der Waals surface area contributed by atoms with Gasteiger partial charge >= 0.3 is 0 Å². The monoisotopic (exact) mass is 261 g/mol. The van der Waals surface area contributed by atoms with Gasteiger partial charge in [-0.15, -0.1) is 0 Å². The van der Waals surface area contributed by atoms with Gasteiger partial charge < -0.3 is 16.0 Å². The number of rotatable bonds is 4. The van der Waals surface area contributed by atoms with Crippen molar-refractivity contribution in [3.63, 3.8) is 0 Å². The maximum absolute atomic E-state index is 12.1. The highest BCUT2D eigenvalue weighted by molar-refractivity contribution is 5.88. The summed E-state index contributed by atoms with van der Waals surface area (Å²) < 4.78 is 0. The third kappa shape index (κ3) is 3.32. The Morgan fingerprint density at radius 3 is 2.89 bits per heavy atom. The smallest absolute Gasteiger partial charge is 0.242 e. The summed E-state index contributed by atoms with van der Waals surface area (Å²) in [5, 5.41) is 8.50. The van der Waals surface area contributed by atoms with Gasteiger partial charge in [0, 0.05) is 13.1 Å². The lowest BCUT2D eigenvalue weighted by Gasteiger charge is -2.25. The van der Waals surface area contributed by atoms with Crippen molar-refractivity contribution in [3.05, 3.63) is 35.4 Å². The molecule has 5 nitrogen and oxygen atoms in total. The molecular formula is C14H19N3O2. The summed E-state index contributed by atoms with van der Waals surface area (Å²) in [6.45, 7) is 3.21. The molecule has 2 rings (SSSR count). The van der Waals surface area contributed by atoms with E-state index in [-0.39, 0.29) is 24.4 Å². The molecule has 5 heteroatoms. The van der Waals surface area contributed by atoms with Crippen LogP contribution in [0.1, 0.15) is 24.1 Å². The Kier molecular flexibility index (Phi) is 4.52. The number of hydrogen-bond donors (Lipinski definition) is 3. The van der Waals surface area contributed by atoms with Gasteiger partial charge in [-0.05, 0) is 24.5 Å². The van der Waals surface area contributed by atoms with Crippen LogP contribution in [0.3, 0.4) is 0 Å². The SMILES string of the molecule is CCNC(=O)CNC(=O)C1NCCc2ccccc21. The highest BCUT2D eigenvalue weighted by Gasteiger charge is 2.25. The molecule has 102 valence electrons. The zero-order valence-corrected chi connectivity index (χ0v) is 11.0. The fraction of sp³-hybridized carbons (Fsp3) is 0.429. The summed E-state index contributed by atoms with van der Waals surface area (Å²) in [7, 11) is 0. The second-order valence-corrected chi connectivity index (χ2v) is 4.51. The number of amides is 2. The Balaban J connectivity index is 1.99. The fourth-order valence-electron chi connectivity index (χ4n) is 2.27. The second-order valence-electron chi connectivity index (χ2n) is 4.51. The van der Waals surface area contributed by atoms with Crippen molar-refractivity contribution in [2.24, 2.45) is 0 Å². The number of likely N-dealkylation sites (N-methyl/N-ethyl adjacent to an activating group) is 1. The minimum absolute atomic E-state index is 0.0209. The van der Waals surface area contributed by atoms with Crippen molar-refractivity contribution in [1.29, 1.82) is 0 Å². The van der Waals surface area contributed by atoms with E-state index in [0.717, 1.165) is 18.5 Å². The Hall–Kier alpha value is -1.88. The molecule has 2 amide bonds.